The number of aryl methyl sites for hydroxylation is 1. The molecular formula is C8H8N2S. The molecule has 11 heavy (non-hydrogen) atoms. The van der Waals surface area contributed by atoms with Gasteiger partial charge in [0.2, 0.25) is 0 Å². The van der Waals surface area contributed by atoms with Crippen molar-refractivity contribution in [3.8, 4) is 11.4 Å². The van der Waals surface area contributed by atoms with Crippen LogP contribution in [-0.4, -0.2) is 9.36 Å². The maximum Gasteiger partial charge on any atom is 0.101 e. The largest absolute Gasteiger partial charge is 0.360 e. The number of hydrogen-bond acceptors (Lipinski definition) is 2. The van der Waals surface area contributed by atoms with Gasteiger partial charge < -0.3 is 4.98 Å². The zero-order chi connectivity index (χ0) is 7.68. The van der Waals surface area contributed by atoms with Crippen LogP contribution < -0.4 is 0 Å². The fourth-order valence-corrected chi connectivity index (χ4v) is 1.54. The quantitative estimate of drug-likeness (QED) is 0.689. The van der Waals surface area contributed by atoms with Crippen LogP contribution in [0.1, 0.15) is 4.88 Å². The van der Waals surface area contributed by atoms with Gasteiger partial charge in [0.25, 0.3) is 0 Å². The Bertz CT molecular complexity index is 335. The first kappa shape index (κ1) is 6.61. The first-order chi connectivity index (χ1) is 5.36. The van der Waals surface area contributed by atoms with Crippen LogP contribution in [0.4, 0.5) is 0 Å². The van der Waals surface area contributed by atoms with E-state index in [9.17, 15) is 0 Å². The van der Waals surface area contributed by atoms with E-state index >= 15 is 0 Å². The third kappa shape index (κ3) is 1.19. The van der Waals surface area contributed by atoms with Crippen LogP contribution in [-0.2, 0) is 0 Å². The van der Waals surface area contributed by atoms with E-state index in [1.54, 1.807) is 0 Å². The van der Waals surface area contributed by atoms with Crippen molar-refractivity contribution >= 4 is 11.5 Å². The standard InChI is InChI=1S/C8H8N2S/c1-6-5-8(10-11-6)7-3-2-4-9-7/h2-5,9H,1H3. The highest BCUT2D eigenvalue weighted by atomic mass is 32.1. The Morgan fingerprint density at radius 3 is 3.00 bits per heavy atom. The lowest BCUT2D eigenvalue weighted by Crippen LogP contribution is -1.72. The van der Waals surface area contributed by atoms with E-state index in [0.29, 0.717) is 0 Å². The molecule has 2 nitrogen and oxygen atoms in total. The van der Waals surface area contributed by atoms with E-state index in [0.717, 1.165) is 11.4 Å². The first-order valence-electron chi connectivity index (χ1n) is 3.43. The van der Waals surface area contributed by atoms with Gasteiger partial charge in [-0.1, -0.05) is 0 Å². The van der Waals surface area contributed by atoms with E-state index in [2.05, 4.69) is 22.3 Å². The maximum atomic E-state index is 4.27. The summed E-state index contributed by atoms with van der Waals surface area (Å²) >= 11 is 1.53. The van der Waals surface area contributed by atoms with Gasteiger partial charge in [-0.25, -0.2) is 0 Å². The summed E-state index contributed by atoms with van der Waals surface area (Å²) in [4.78, 5) is 4.36. The molecule has 2 aromatic rings. The second-order valence-electron chi connectivity index (χ2n) is 2.41. The van der Waals surface area contributed by atoms with Gasteiger partial charge in [-0.2, -0.15) is 4.37 Å². The zero-order valence-electron chi connectivity index (χ0n) is 6.16. The molecule has 0 aliphatic heterocycles. The molecule has 0 spiro atoms. The van der Waals surface area contributed by atoms with Crippen molar-refractivity contribution < 1.29 is 0 Å². The number of aromatic amines is 1. The van der Waals surface area contributed by atoms with Gasteiger partial charge in [-0.05, 0) is 36.7 Å². The van der Waals surface area contributed by atoms with Crippen LogP contribution in [0.3, 0.4) is 0 Å². The smallest absolute Gasteiger partial charge is 0.101 e. The van der Waals surface area contributed by atoms with Crippen molar-refractivity contribution in [3.63, 3.8) is 0 Å². The summed E-state index contributed by atoms with van der Waals surface area (Å²) in [5.41, 5.74) is 2.13. The summed E-state index contributed by atoms with van der Waals surface area (Å²) in [5, 5.41) is 0. The lowest BCUT2D eigenvalue weighted by atomic mass is 10.3. The van der Waals surface area contributed by atoms with Crippen molar-refractivity contribution in [3.05, 3.63) is 29.3 Å². The molecule has 0 saturated heterocycles. The Balaban J connectivity index is 2.45. The molecule has 0 aliphatic carbocycles. The molecule has 0 radical (unpaired) electrons. The molecule has 56 valence electrons. The SMILES string of the molecule is Cc1cc(-c2ccc[nH]2)ns1. The van der Waals surface area contributed by atoms with Crippen LogP contribution in [0.15, 0.2) is 24.4 Å². The van der Waals surface area contributed by atoms with Crippen LogP contribution in [0.5, 0.6) is 0 Å². The fraction of sp³-hybridized carbons (Fsp3) is 0.125. The Hall–Kier alpha value is -1.09. The summed E-state index contributed by atoms with van der Waals surface area (Å²) < 4.78 is 4.27. The van der Waals surface area contributed by atoms with Crippen LogP contribution in [0.25, 0.3) is 11.4 Å². The number of aromatic nitrogens is 2. The average molecular weight is 164 g/mol. The molecule has 0 aromatic carbocycles. The molecule has 2 aromatic heterocycles. The van der Waals surface area contributed by atoms with Gasteiger partial charge in [0.05, 0.1) is 5.69 Å². The van der Waals surface area contributed by atoms with Crippen molar-refractivity contribution in [2.45, 2.75) is 6.92 Å². The first-order valence-corrected chi connectivity index (χ1v) is 4.21. The zero-order valence-corrected chi connectivity index (χ0v) is 6.98. The van der Waals surface area contributed by atoms with Gasteiger partial charge in [0.1, 0.15) is 5.69 Å². The van der Waals surface area contributed by atoms with Gasteiger partial charge >= 0.3 is 0 Å². The Kier molecular flexibility index (Phi) is 1.51. The molecule has 0 bridgehead atoms. The third-order valence-electron chi connectivity index (χ3n) is 1.50. The summed E-state index contributed by atoms with van der Waals surface area (Å²) in [6, 6.07) is 6.08. The number of nitrogens with zero attached hydrogens (tertiary/aromatic N) is 1. The number of H-pyrrole nitrogens is 1. The molecule has 2 rings (SSSR count). The number of hydrogen-bond donors (Lipinski definition) is 1. The second kappa shape index (κ2) is 2.51. The Labute approximate surface area is 69.1 Å². The topological polar surface area (TPSA) is 28.7 Å². The lowest BCUT2D eigenvalue weighted by Gasteiger charge is -1.85. The third-order valence-corrected chi connectivity index (χ3v) is 2.20. The molecule has 0 fully saturated rings. The highest BCUT2D eigenvalue weighted by Gasteiger charge is 2.00. The minimum atomic E-state index is 1.04. The minimum Gasteiger partial charge on any atom is -0.360 e. The van der Waals surface area contributed by atoms with E-state index in [-0.39, 0.29) is 0 Å². The molecule has 1 N–H and O–H groups in total. The van der Waals surface area contributed by atoms with E-state index in [4.69, 9.17) is 0 Å². The van der Waals surface area contributed by atoms with Crippen molar-refractivity contribution in [2.75, 3.05) is 0 Å². The molecule has 0 amide bonds. The predicted octanol–water partition coefficient (Wildman–Crippen LogP) is 2.45. The highest BCUT2D eigenvalue weighted by Crippen LogP contribution is 2.18. The number of nitrogens with one attached hydrogen (secondary N) is 1. The average Bonchev–Trinajstić information content (AvgIpc) is 2.55. The molecule has 0 atom stereocenters. The van der Waals surface area contributed by atoms with Gasteiger partial charge in [-0.3, -0.25) is 0 Å². The highest BCUT2D eigenvalue weighted by molar-refractivity contribution is 7.05. The van der Waals surface area contributed by atoms with E-state index < -0.39 is 0 Å². The van der Waals surface area contributed by atoms with Crippen molar-refractivity contribution in [1.82, 2.24) is 9.36 Å². The normalized spacial score (nSPS) is 10.3. The Morgan fingerprint density at radius 2 is 2.45 bits per heavy atom. The lowest BCUT2D eigenvalue weighted by molar-refractivity contribution is 1.37. The van der Waals surface area contributed by atoms with Crippen LogP contribution in [0, 0.1) is 6.92 Å². The van der Waals surface area contributed by atoms with Crippen molar-refractivity contribution in [2.24, 2.45) is 0 Å². The molecule has 0 aliphatic rings. The monoisotopic (exact) mass is 164 g/mol. The van der Waals surface area contributed by atoms with Crippen LogP contribution in [0.2, 0.25) is 0 Å². The maximum absolute atomic E-state index is 4.27. The van der Waals surface area contributed by atoms with E-state index in [1.165, 1.54) is 16.4 Å². The summed E-state index contributed by atoms with van der Waals surface area (Å²) in [5.74, 6) is 0. The molecule has 2 heterocycles. The molecular weight excluding hydrogens is 156 g/mol. The van der Waals surface area contributed by atoms with E-state index in [1.807, 2.05) is 18.3 Å². The molecule has 3 heteroatoms. The van der Waals surface area contributed by atoms with Crippen molar-refractivity contribution in [1.29, 1.82) is 0 Å². The fourth-order valence-electron chi connectivity index (χ4n) is 0.983. The summed E-state index contributed by atoms with van der Waals surface area (Å²) in [7, 11) is 0. The minimum absolute atomic E-state index is 1.04. The Morgan fingerprint density at radius 1 is 1.55 bits per heavy atom. The molecule has 0 unspecified atom stereocenters. The summed E-state index contributed by atoms with van der Waals surface area (Å²) in [6.45, 7) is 2.06. The second-order valence-corrected chi connectivity index (χ2v) is 3.42. The molecule has 0 saturated carbocycles. The predicted molar refractivity (Wildman–Crippen MR) is 46.6 cm³/mol. The number of rotatable bonds is 1. The van der Waals surface area contributed by atoms with Crippen LogP contribution >= 0.6 is 11.5 Å². The summed E-state index contributed by atoms with van der Waals surface area (Å²) in [6.07, 6.45) is 1.91. The van der Waals surface area contributed by atoms with Gasteiger partial charge in [0.15, 0.2) is 0 Å². The van der Waals surface area contributed by atoms with Gasteiger partial charge in [0, 0.05) is 11.1 Å². The van der Waals surface area contributed by atoms with Gasteiger partial charge in [-0.15, -0.1) is 0 Å².